The van der Waals surface area contributed by atoms with Crippen molar-refractivity contribution in [2.45, 2.75) is 6.42 Å². The number of morpholine rings is 1. The monoisotopic (exact) mass is 402 g/mol. The Morgan fingerprint density at radius 1 is 1.14 bits per heavy atom. The molecule has 1 saturated heterocycles. The van der Waals surface area contributed by atoms with E-state index in [0.29, 0.717) is 43.1 Å². The first kappa shape index (κ1) is 18.7. The van der Waals surface area contributed by atoms with Crippen LogP contribution in [0.4, 0.5) is 17.2 Å². The van der Waals surface area contributed by atoms with Gasteiger partial charge in [0.15, 0.2) is 0 Å². The number of aromatic nitrogens is 1. The summed E-state index contributed by atoms with van der Waals surface area (Å²) >= 11 is 0. The molecular weight excluding hydrogens is 380 g/mol. The van der Waals surface area contributed by atoms with Crippen molar-refractivity contribution < 1.29 is 17.9 Å². The molecule has 3 heterocycles. The number of carbonyl (C=O) groups excluding carboxylic acids is 1. The second-order valence-electron chi connectivity index (χ2n) is 6.89. The van der Waals surface area contributed by atoms with Crippen LogP contribution < -0.4 is 14.5 Å². The first-order chi connectivity index (χ1) is 13.4. The fourth-order valence-electron chi connectivity index (χ4n) is 3.50. The molecule has 0 bridgehead atoms. The van der Waals surface area contributed by atoms with E-state index in [1.165, 1.54) is 10.6 Å². The molecular formula is C19H22N4O4S. The highest BCUT2D eigenvalue weighted by atomic mass is 32.2. The van der Waals surface area contributed by atoms with E-state index in [2.05, 4.69) is 15.2 Å². The fourth-order valence-corrected chi connectivity index (χ4v) is 4.46. The standard InChI is InChI=1S/C19H22N4O4S/c1-28(25,26)23-7-6-14-12-15(2-4-17(14)23)19(24)21-16-3-5-18(20-13-16)22-8-10-27-11-9-22/h2-5,12-13H,6-11H2,1H3,(H,21,24). The summed E-state index contributed by atoms with van der Waals surface area (Å²) in [5.74, 6) is 0.612. The van der Waals surface area contributed by atoms with E-state index in [4.69, 9.17) is 4.74 Å². The lowest BCUT2D eigenvalue weighted by Gasteiger charge is -2.27. The van der Waals surface area contributed by atoms with Gasteiger partial charge in [-0.2, -0.15) is 0 Å². The number of hydrogen-bond acceptors (Lipinski definition) is 6. The van der Waals surface area contributed by atoms with Gasteiger partial charge in [-0.15, -0.1) is 0 Å². The molecule has 1 aromatic carbocycles. The van der Waals surface area contributed by atoms with Crippen LogP contribution in [0.3, 0.4) is 0 Å². The molecule has 1 amide bonds. The van der Waals surface area contributed by atoms with Crippen LogP contribution >= 0.6 is 0 Å². The number of ether oxygens (including phenoxy) is 1. The highest BCUT2D eigenvalue weighted by Gasteiger charge is 2.26. The Hall–Kier alpha value is -2.65. The Bertz CT molecular complexity index is 985. The average Bonchev–Trinajstić information content (AvgIpc) is 3.13. The molecule has 4 rings (SSSR count). The van der Waals surface area contributed by atoms with E-state index < -0.39 is 10.0 Å². The van der Waals surface area contributed by atoms with Crippen molar-refractivity contribution >= 4 is 33.1 Å². The van der Waals surface area contributed by atoms with Crippen LogP contribution in [0.1, 0.15) is 15.9 Å². The second-order valence-corrected chi connectivity index (χ2v) is 8.79. The van der Waals surface area contributed by atoms with Crippen LogP contribution in [0, 0.1) is 0 Å². The first-order valence-electron chi connectivity index (χ1n) is 9.12. The van der Waals surface area contributed by atoms with Gasteiger partial charge >= 0.3 is 0 Å². The van der Waals surface area contributed by atoms with E-state index in [9.17, 15) is 13.2 Å². The Balaban J connectivity index is 1.45. The Morgan fingerprint density at radius 2 is 1.93 bits per heavy atom. The molecule has 2 aliphatic heterocycles. The van der Waals surface area contributed by atoms with E-state index in [-0.39, 0.29) is 5.91 Å². The van der Waals surface area contributed by atoms with Crippen LogP contribution in [0.15, 0.2) is 36.5 Å². The third-order valence-electron chi connectivity index (χ3n) is 4.94. The molecule has 0 unspecified atom stereocenters. The minimum absolute atomic E-state index is 0.249. The zero-order chi connectivity index (χ0) is 19.7. The van der Waals surface area contributed by atoms with E-state index in [1.54, 1.807) is 24.4 Å². The highest BCUT2D eigenvalue weighted by Crippen LogP contribution is 2.31. The lowest BCUT2D eigenvalue weighted by Crippen LogP contribution is -2.36. The van der Waals surface area contributed by atoms with Gasteiger partial charge in [0, 0.05) is 25.2 Å². The molecule has 0 atom stereocenters. The molecule has 0 radical (unpaired) electrons. The van der Waals surface area contributed by atoms with Gasteiger partial charge in [-0.1, -0.05) is 0 Å². The number of carbonyl (C=O) groups is 1. The van der Waals surface area contributed by atoms with Crippen LogP contribution in [-0.4, -0.2) is 58.4 Å². The molecule has 1 fully saturated rings. The molecule has 9 heteroatoms. The topological polar surface area (TPSA) is 91.8 Å². The average molecular weight is 402 g/mol. The molecule has 2 aliphatic rings. The third kappa shape index (κ3) is 3.81. The molecule has 0 aliphatic carbocycles. The number of pyridine rings is 1. The molecule has 1 N–H and O–H groups in total. The van der Waals surface area contributed by atoms with Gasteiger partial charge in [-0.25, -0.2) is 13.4 Å². The highest BCUT2D eigenvalue weighted by molar-refractivity contribution is 7.92. The number of hydrogen-bond donors (Lipinski definition) is 1. The summed E-state index contributed by atoms with van der Waals surface area (Å²) in [6, 6.07) is 8.80. The second kappa shape index (κ2) is 7.40. The Morgan fingerprint density at radius 3 is 2.61 bits per heavy atom. The van der Waals surface area contributed by atoms with Crippen molar-refractivity contribution in [3.05, 3.63) is 47.7 Å². The summed E-state index contributed by atoms with van der Waals surface area (Å²) in [6.07, 6.45) is 3.43. The smallest absolute Gasteiger partial charge is 0.255 e. The summed E-state index contributed by atoms with van der Waals surface area (Å²) in [5.41, 5.74) is 2.61. The number of amides is 1. The van der Waals surface area contributed by atoms with Crippen LogP contribution in [0.25, 0.3) is 0 Å². The molecule has 0 spiro atoms. The summed E-state index contributed by atoms with van der Waals surface area (Å²) in [5, 5.41) is 2.84. The van der Waals surface area contributed by atoms with Gasteiger partial charge in [-0.05, 0) is 42.3 Å². The minimum atomic E-state index is -3.30. The molecule has 28 heavy (non-hydrogen) atoms. The zero-order valence-electron chi connectivity index (χ0n) is 15.6. The van der Waals surface area contributed by atoms with Gasteiger partial charge in [0.05, 0.1) is 37.0 Å². The van der Waals surface area contributed by atoms with Crippen molar-refractivity contribution in [2.75, 3.05) is 53.6 Å². The van der Waals surface area contributed by atoms with Gasteiger partial charge in [0.25, 0.3) is 5.91 Å². The van der Waals surface area contributed by atoms with Gasteiger partial charge < -0.3 is 15.0 Å². The number of benzene rings is 1. The number of fused-ring (bicyclic) bond motifs is 1. The maximum absolute atomic E-state index is 12.6. The maximum Gasteiger partial charge on any atom is 0.255 e. The predicted molar refractivity (Wildman–Crippen MR) is 108 cm³/mol. The SMILES string of the molecule is CS(=O)(=O)N1CCc2cc(C(=O)Nc3ccc(N4CCOCC4)nc3)ccc21. The molecule has 8 nitrogen and oxygen atoms in total. The number of anilines is 3. The Labute approximate surface area is 164 Å². The Kier molecular flexibility index (Phi) is 4.94. The van der Waals surface area contributed by atoms with Crippen LogP contribution in [-0.2, 0) is 21.2 Å². The number of rotatable bonds is 4. The summed E-state index contributed by atoms with van der Waals surface area (Å²) in [6.45, 7) is 3.40. The molecule has 0 saturated carbocycles. The number of nitrogens with one attached hydrogen (secondary N) is 1. The first-order valence-corrected chi connectivity index (χ1v) is 11.0. The van der Waals surface area contributed by atoms with Crippen LogP contribution in [0.2, 0.25) is 0 Å². The lowest BCUT2D eigenvalue weighted by molar-refractivity contribution is 0.102. The normalized spacial score (nSPS) is 16.8. The van der Waals surface area contributed by atoms with E-state index in [0.717, 1.165) is 24.5 Å². The van der Waals surface area contributed by atoms with Gasteiger partial charge in [0.2, 0.25) is 10.0 Å². The van der Waals surface area contributed by atoms with Crippen LogP contribution in [0.5, 0.6) is 0 Å². The van der Waals surface area contributed by atoms with Crippen molar-refractivity contribution in [3.8, 4) is 0 Å². The molecule has 2 aromatic rings. The third-order valence-corrected chi connectivity index (χ3v) is 6.12. The van der Waals surface area contributed by atoms with Crippen molar-refractivity contribution in [3.63, 3.8) is 0 Å². The summed E-state index contributed by atoms with van der Waals surface area (Å²) in [7, 11) is -3.30. The molecule has 1 aromatic heterocycles. The van der Waals surface area contributed by atoms with Crippen molar-refractivity contribution in [2.24, 2.45) is 0 Å². The number of sulfonamides is 1. The summed E-state index contributed by atoms with van der Waals surface area (Å²) in [4.78, 5) is 19.1. The van der Waals surface area contributed by atoms with Crippen molar-refractivity contribution in [1.29, 1.82) is 0 Å². The van der Waals surface area contributed by atoms with Gasteiger partial charge in [-0.3, -0.25) is 9.10 Å². The molecule has 148 valence electrons. The maximum atomic E-state index is 12.6. The predicted octanol–water partition coefficient (Wildman–Crippen LogP) is 1.49. The van der Waals surface area contributed by atoms with Crippen molar-refractivity contribution in [1.82, 2.24) is 4.98 Å². The van der Waals surface area contributed by atoms with E-state index in [1.807, 2.05) is 12.1 Å². The van der Waals surface area contributed by atoms with Gasteiger partial charge in [0.1, 0.15) is 5.82 Å². The summed E-state index contributed by atoms with van der Waals surface area (Å²) < 4.78 is 30.4. The minimum Gasteiger partial charge on any atom is -0.378 e. The largest absolute Gasteiger partial charge is 0.378 e. The quantitative estimate of drug-likeness (QED) is 0.833. The zero-order valence-corrected chi connectivity index (χ0v) is 16.4. The fraction of sp³-hybridized carbons (Fsp3) is 0.368. The lowest BCUT2D eigenvalue weighted by atomic mass is 10.1. The number of nitrogens with zero attached hydrogens (tertiary/aromatic N) is 3. The van der Waals surface area contributed by atoms with E-state index >= 15 is 0 Å².